The lowest BCUT2D eigenvalue weighted by atomic mass is 9.97. The second-order valence-electron chi connectivity index (χ2n) is 8.65. The molecule has 0 bridgehead atoms. The molecule has 11 heteroatoms. The minimum absolute atomic E-state index is 0.0478. The number of sulfonamides is 1. The molecule has 0 unspecified atom stereocenters. The van der Waals surface area contributed by atoms with Crippen LogP contribution in [-0.2, 0) is 21.9 Å². The van der Waals surface area contributed by atoms with Crippen LogP contribution in [0.25, 0.3) is 11.4 Å². The second kappa shape index (κ2) is 9.06. The lowest BCUT2D eigenvalue weighted by molar-refractivity contribution is -0.120. The predicted molar refractivity (Wildman–Crippen MR) is 124 cm³/mol. The molecule has 10 nitrogen and oxygen atoms in total. The van der Waals surface area contributed by atoms with Crippen molar-refractivity contribution in [1.29, 1.82) is 0 Å². The van der Waals surface area contributed by atoms with Crippen molar-refractivity contribution < 1.29 is 13.2 Å². The standard InChI is InChI=1S/C22H29N7O3S/c1-14(2)20-25-21(27-26-20)17-7-5-6-8-18(17)24-22(30)16-9-11-29(12-10-16)33(31,32)19-13-28(4)15(3)23-19/h5-8,13-14,16H,9-12H2,1-4H3,(H,24,30)(H,25,26,27). The van der Waals surface area contributed by atoms with Gasteiger partial charge in [-0.25, -0.2) is 18.4 Å². The zero-order valence-electron chi connectivity index (χ0n) is 19.2. The second-order valence-corrected chi connectivity index (χ2v) is 10.5. The summed E-state index contributed by atoms with van der Waals surface area (Å²) < 4.78 is 28.9. The Morgan fingerprint density at radius 1 is 1.18 bits per heavy atom. The minimum atomic E-state index is -3.67. The number of piperidine rings is 1. The fraction of sp³-hybridized carbons (Fsp3) is 0.455. The van der Waals surface area contributed by atoms with Gasteiger partial charge in [-0.2, -0.15) is 9.40 Å². The SMILES string of the molecule is Cc1nc(S(=O)(=O)N2CCC(C(=O)Nc3ccccc3-c3n[nH]c(C(C)C)n3)CC2)cn1C. The van der Waals surface area contributed by atoms with Gasteiger partial charge >= 0.3 is 0 Å². The zero-order chi connectivity index (χ0) is 23.8. The maximum absolute atomic E-state index is 13.0. The molecule has 3 heterocycles. The number of benzene rings is 1. The van der Waals surface area contributed by atoms with E-state index >= 15 is 0 Å². The van der Waals surface area contributed by atoms with Crippen LogP contribution in [0.4, 0.5) is 5.69 Å². The van der Waals surface area contributed by atoms with E-state index in [2.05, 4.69) is 25.5 Å². The average molecular weight is 472 g/mol. The van der Waals surface area contributed by atoms with E-state index in [1.165, 1.54) is 10.5 Å². The van der Waals surface area contributed by atoms with Gasteiger partial charge in [-0.1, -0.05) is 26.0 Å². The number of imidazole rings is 1. The monoisotopic (exact) mass is 471 g/mol. The molecule has 1 aliphatic heterocycles. The van der Waals surface area contributed by atoms with Crippen LogP contribution in [-0.4, -0.2) is 56.5 Å². The molecular weight excluding hydrogens is 442 g/mol. The Hall–Kier alpha value is -3.05. The molecule has 176 valence electrons. The smallest absolute Gasteiger partial charge is 0.262 e. The minimum Gasteiger partial charge on any atom is -0.337 e. The molecule has 0 aliphatic carbocycles. The summed E-state index contributed by atoms with van der Waals surface area (Å²) in [5.74, 6) is 1.74. The first kappa shape index (κ1) is 23.1. The molecule has 1 fully saturated rings. The molecule has 0 atom stereocenters. The summed E-state index contributed by atoms with van der Waals surface area (Å²) in [7, 11) is -1.91. The summed E-state index contributed by atoms with van der Waals surface area (Å²) in [5.41, 5.74) is 1.37. The molecule has 2 aromatic heterocycles. The summed E-state index contributed by atoms with van der Waals surface area (Å²) in [6.07, 6.45) is 2.41. The predicted octanol–water partition coefficient (Wildman–Crippen LogP) is 2.68. The number of nitrogens with one attached hydrogen (secondary N) is 2. The molecule has 4 rings (SSSR count). The van der Waals surface area contributed by atoms with Crippen molar-refractivity contribution in [2.75, 3.05) is 18.4 Å². The first-order chi connectivity index (χ1) is 15.7. The van der Waals surface area contributed by atoms with Crippen LogP contribution >= 0.6 is 0 Å². The fourth-order valence-electron chi connectivity index (χ4n) is 3.82. The Morgan fingerprint density at radius 3 is 2.48 bits per heavy atom. The Balaban J connectivity index is 1.43. The van der Waals surface area contributed by atoms with Gasteiger partial charge in [-0.3, -0.25) is 9.89 Å². The number of aryl methyl sites for hydroxylation is 2. The molecule has 1 aromatic carbocycles. The number of para-hydroxylation sites is 1. The number of aromatic amines is 1. The highest BCUT2D eigenvalue weighted by Gasteiger charge is 2.33. The van der Waals surface area contributed by atoms with E-state index < -0.39 is 10.0 Å². The van der Waals surface area contributed by atoms with E-state index in [9.17, 15) is 13.2 Å². The van der Waals surface area contributed by atoms with Crippen molar-refractivity contribution in [2.24, 2.45) is 13.0 Å². The van der Waals surface area contributed by atoms with Gasteiger partial charge in [0.15, 0.2) is 10.9 Å². The number of hydrogen-bond acceptors (Lipinski definition) is 6. The van der Waals surface area contributed by atoms with Gasteiger partial charge in [-0.05, 0) is 31.9 Å². The van der Waals surface area contributed by atoms with Crippen molar-refractivity contribution in [3.63, 3.8) is 0 Å². The van der Waals surface area contributed by atoms with Crippen LogP contribution in [0.1, 0.15) is 44.3 Å². The highest BCUT2D eigenvalue weighted by molar-refractivity contribution is 7.89. The Bertz CT molecular complexity index is 1240. The topological polar surface area (TPSA) is 126 Å². The van der Waals surface area contributed by atoms with Crippen molar-refractivity contribution in [1.82, 2.24) is 29.0 Å². The maximum atomic E-state index is 13.0. The Kier molecular flexibility index (Phi) is 6.35. The molecule has 0 saturated carbocycles. The van der Waals surface area contributed by atoms with Gasteiger partial charge in [0.2, 0.25) is 5.91 Å². The fourth-order valence-corrected chi connectivity index (χ4v) is 5.31. The summed E-state index contributed by atoms with van der Waals surface area (Å²) in [4.78, 5) is 21.7. The van der Waals surface area contributed by atoms with Gasteiger partial charge in [-0.15, -0.1) is 0 Å². The lowest BCUT2D eigenvalue weighted by Crippen LogP contribution is -2.41. The molecule has 33 heavy (non-hydrogen) atoms. The number of hydrogen-bond donors (Lipinski definition) is 2. The van der Waals surface area contributed by atoms with Gasteiger partial charge in [0, 0.05) is 43.7 Å². The molecular formula is C22H29N7O3S. The van der Waals surface area contributed by atoms with Crippen LogP contribution in [0.15, 0.2) is 35.5 Å². The van der Waals surface area contributed by atoms with E-state index in [1.807, 2.05) is 38.1 Å². The summed E-state index contributed by atoms with van der Waals surface area (Å²) in [6, 6.07) is 7.41. The molecule has 0 spiro atoms. The van der Waals surface area contributed by atoms with Crippen molar-refractivity contribution >= 4 is 21.6 Å². The van der Waals surface area contributed by atoms with Crippen LogP contribution in [0.5, 0.6) is 0 Å². The Morgan fingerprint density at radius 2 is 1.88 bits per heavy atom. The zero-order valence-corrected chi connectivity index (χ0v) is 20.1. The number of aromatic nitrogens is 5. The molecule has 1 amide bonds. The molecule has 3 aromatic rings. The van der Waals surface area contributed by atoms with Crippen molar-refractivity contribution in [2.45, 2.75) is 44.6 Å². The van der Waals surface area contributed by atoms with E-state index in [4.69, 9.17) is 0 Å². The molecule has 1 aliphatic rings. The highest BCUT2D eigenvalue weighted by atomic mass is 32.2. The number of H-pyrrole nitrogens is 1. The molecule has 2 N–H and O–H groups in total. The number of anilines is 1. The number of rotatable bonds is 6. The summed E-state index contributed by atoms with van der Waals surface area (Å²) in [5, 5.41) is 10.3. The number of carbonyl (C=O) groups excluding carboxylic acids is 1. The lowest BCUT2D eigenvalue weighted by Gasteiger charge is -2.30. The maximum Gasteiger partial charge on any atom is 0.262 e. The Labute approximate surface area is 193 Å². The normalized spacial score (nSPS) is 15.8. The third-order valence-corrected chi connectivity index (χ3v) is 7.76. The van der Waals surface area contributed by atoms with Crippen molar-refractivity contribution in [3.05, 3.63) is 42.1 Å². The van der Waals surface area contributed by atoms with Crippen LogP contribution < -0.4 is 5.32 Å². The quantitative estimate of drug-likeness (QED) is 0.569. The molecule has 0 radical (unpaired) electrons. The highest BCUT2D eigenvalue weighted by Crippen LogP contribution is 2.28. The van der Waals surface area contributed by atoms with Crippen LogP contribution in [0.3, 0.4) is 0 Å². The van der Waals surface area contributed by atoms with Crippen LogP contribution in [0.2, 0.25) is 0 Å². The number of carbonyl (C=O) groups is 1. The summed E-state index contributed by atoms with van der Waals surface area (Å²) in [6.45, 7) is 6.36. The van der Waals surface area contributed by atoms with Crippen LogP contribution in [0, 0.1) is 12.8 Å². The third kappa shape index (κ3) is 4.69. The first-order valence-corrected chi connectivity index (χ1v) is 12.4. The van der Waals surface area contributed by atoms with E-state index in [0.29, 0.717) is 30.2 Å². The van der Waals surface area contributed by atoms with Gasteiger partial charge in [0.1, 0.15) is 11.6 Å². The van der Waals surface area contributed by atoms with E-state index in [-0.39, 0.29) is 35.9 Å². The van der Waals surface area contributed by atoms with Gasteiger partial charge in [0.25, 0.3) is 10.0 Å². The largest absolute Gasteiger partial charge is 0.337 e. The van der Waals surface area contributed by atoms with Gasteiger partial charge < -0.3 is 9.88 Å². The summed E-state index contributed by atoms with van der Waals surface area (Å²) >= 11 is 0. The van der Waals surface area contributed by atoms with E-state index in [1.54, 1.807) is 18.5 Å². The third-order valence-electron chi connectivity index (χ3n) is 5.99. The van der Waals surface area contributed by atoms with E-state index in [0.717, 1.165) is 11.4 Å². The average Bonchev–Trinajstić information content (AvgIpc) is 3.42. The van der Waals surface area contributed by atoms with Crippen molar-refractivity contribution in [3.8, 4) is 11.4 Å². The first-order valence-electron chi connectivity index (χ1n) is 11.0. The number of amides is 1. The number of nitrogens with zero attached hydrogens (tertiary/aromatic N) is 5. The van der Waals surface area contributed by atoms with Gasteiger partial charge in [0.05, 0.1) is 5.69 Å². The molecule has 1 saturated heterocycles.